The monoisotopic (exact) mass is 889 g/mol. The van der Waals surface area contributed by atoms with Gasteiger partial charge in [0.1, 0.15) is 11.5 Å². The molecule has 0 aromatic heterocycles. The first kappa shape index (κ1) is 46.4. The lowest BCUT2D eigenvalue weighted by atomic mass is 9.73. The summed E-state index contributed by atoms with van der Waals surface area (Å²) in [6.45, 7) is 33.2. The van der Waals surface area contributed by atoms with E-state index < -0.39 is 0 Å². The van der Waals surface area contributed by atoms with E-state index in [1.807, 2.05) is 19.9 Å². The van der Waals surface area contributed by atoms with E-state index in [0.717, 1.165) is 23.5 Å². The molecular formula is C67H68O. The number of allylic oxidation sites excluding steroid dienone is 4. The van der Waals surface area contributed by atoms with Gasteiger partial charge in [-0.25, -0.2) is 0 Å². The summed E-state index contributed by atoms with van der Waals surface area (Å²) in [5.41, 5.74) is 23.2. The Morgan fingerprint density at radius 3 is 1.46 bits per heavy atom. The Morgan fingerprint density at radius 1 is 0.500 bits per heavy atom. The molecule has 11 rings (SSSR count). The fraction of sp³-hybridized carbons (Fsp3) is 0.254. The van der Waals surface area contributed by atoms with Crippen LogP contribution in [-0.2, 0) is 22.7 Å². The highest BCUT2D eigenvalue weighted by Gasteiger charge is 2.43. The average Bonchev–Trinajstić information content (AvgIpc) is 3.72. The first-order valence-corrected chi connectivity index (χ1v) is 24.9. The van der Waals surface area contributed by atoms with Gasteiger partial charge in [0.15, 0.2) is 0 Å². The van der Waals surface area contributed by atoms with Gasteiger partial charge in [0, 0.05) is 32.9 Å². The van der Waals surface area contributed by atoms with Gasteiger partial charge >= 0.3 is 0 Å². The predicted octanol–water partition coefficient (Wildman–Crippen LogP) is 18.8. The van der Waals surface area contributed by atoms with E-state index in [9.17, 15) is 0 Å². The molecule has 2 aliphatic carbocycles. The van der Waals surface area contributed by atoms with Gasteiger partial charge in [-0.05, 0) is 157 Å². The number of fused-ring (bicyclic) bond motifs is 10. The molecule has 1 heterocycles. The van der Waals surface area contributed by atoms with Crippen LogP contribution in [0.5, 0.6) is 5.75 Å². The minimum Gasteiger partial charge on any atom is -0.456 e. The first-order chi connectivity index (χ1) is 32.6. The number of rotatable bonds is 5. The minimum absolute atomic E-state index is 0.0854. The van der Waals surface area contributed by atoms with Crippen molar-refractivity contribution < 1.29 is 4.74 Å². The average molecular weight is 889 g/mol. The van der Waals surface area contributed by atoms with Crippen molar-refractivity contribution in [2.45, 2.75) is 113 Å². The van der Waals surface area contributed by atoms with Crippen LogP contribution in [0.4, 0.5) is 0 Å². The van der Waals surface area contributed by atoms with E-state index >= 15 is 0 Å². The highest BCUT2D eigenvalue weighted by Crippen LogP contribution is 2.59. The normalized spacial score (nSPS) is 15.3. The summed E-state index contributed by atoms with van der Waals surface area (Å²) in [6.07, 6.45) is 7.28. The molecule has 0 fully saturated rings. The van der Waals surface area contributed by atoms with Gasteiger partial charge < -0.3 is 4.74 Å². The lowest BCUT2D eigenvalue weighted by molar-refractivity contribution is 0.389. The molecule has 0 bridgehead atoms. The van der Waals surface area contributed by atoms with Crippen LogP contribution in [0.25, 0.3) is 66.1 Å². The topological polar surface area (TPSA) is 9.23 Å². The van der Waals surface area contributed by atoms with Crippen LogP contribution < -0.4 is 4.74 Å². The van der Waals surface area contributed by atoms with Gasteiger partial charge in [-0.1, -0.05) is 202 Å². The smallest absolute Gasteiger partial charge is 0.139 e. The summed E-state index contributed by atoms with van der Waals surface area (Å²) in [5.74, 6) is 1.80. The maximum absolute atomic E-state index is 6.84. The Labute approximate surface area is 407 Å². The van der Waals surface area contributed by atoms with Crippen LogP contribution in [0.15, 0.2) is 170 Å². The van der Waals surface area contributed by atoms with Crippen molar-refractivity contribution in [2.75, 3.05) is 0 Å². The molecule has 0 saturated heterocycles. The van der Waals surface area contributed by atoms with E-state index in [1.54, 1.807) is 0 Å². The lowest BCUT2D eigenvalue weighted by Crippen LogP contribution is -2.27. The van der Waals surface area contributed by atoms with Crippen LogP contribution in [0, 0.1) is 20.8 Å². The predicted molar refractivity (Wildman–Crippen MR) is 295 cm³/mol. The highest BCUT2D eigenvalue weighted by molar-refractivity contribution is 6.21. The summed E-state index contributed by atoms with van der Waals surface area (Å²) in [7, 11) is 0. The second-order valence-electron chi connectivity index (χ2n) is 20.4. The maximum atomic E-state index is 6.84. The van der Waals surface area contributed by atoms with Gasteiger partial charge in [-0.15, -0.1) is 0 Å². The number of aryl methyl sites for hydroxylation is 3. The van der Waals surface area contributed by atoms with Crippen LogP contribution in [-0.4, -0.2) is 0 Å². The van der Waals surface area contributed by atoms with E-state index in [2.05, 4.69) is 228 Å². The molecule has 3 aliphatic rings. The maximum Gasteiger partial charge on any atom is 0.139 e. The standard InChI is InChI=1S/C56H50O.C9H12.C2H6/c1-11-17-42-48(12-2)57-53-45(54(42,5)6)29-28-44-52(53)41-26-24-35(31-47(41)56(44,9)10)51-38-20-15-13-18-36(38)50(37-19-14-16-21-39(37)51)34-23-25-40-46(30-34)55(7,8)43-27-22-32(3)33(4)49(40)43;1-3-9-7-5-4-6-8(9)2;1-2/h11-31H,2H2,1,3-10H3;4-7H,3H2,1-2H3;1-2H3/b17-11-;;. The molecule has 0 atom stereocenters. The largest absolute Gasteiger partial charge is 0.456 e. The summed E-state index contributed by atoms with van der Waals surface area (Å²) >= 11 is 0. The molecular weight excluding hydrogens is 821 g/mol. The van der Waals surface area contributed by atoms with E-state index in [4.69, 9.17) is 4.74 Å². The molecule has 0 unspecified atom stereocenters. The summed E-state index contributed by atoms with van der Waals surface area (Å²) in [4.78, 5) is 0. The molecule has 8 aromatic rings. The third-order valence-electron chi connectivity index (χ3n) is 15.7. The van der Waals surface area contributed by atoms with Crippen molar-refractivity contribution in [1.82, 2.24) is 0 Å². The van der Waals surface area contributed by atoms with Crippen molar-refractivity contribution >= 4 is 21.5 Å². The first-order valence-electron chi connectivity index (χ1n) is 24.9. The van der Waals surface area contributed by atoms with Crippen molar-refractivity contribution in [2.24, 2.45) is 0 Å². The number of hydrogen-bond acceptors (Lipinski definition) is 1. The van der Waals surface area contributed by atoms with Gasteiger partial charge in [0.2, 0.25) is 0 Å². The second kappa shape index (κ2) is 17.4. The molecule has 8 aromatic carbocycles. The van der Waals surface area contributed by atoms with Gasteiger partial charge in [-0.2, -0.15) is 0 Å². The molecule has 0 N–H and O–H groups in total. The lowest BCUT2D eigenvalue weighted by Gasteiger charge is -2.36. The van der Waals surface area contributed by atoms with Crippen molar-refractivity contribution in [1.29, 1.82) is 0 Å². The van der Waals surface area contributed by atoms with Gasteiger partial charge in [0.25, 0.3) is 0 Å². The Balaban J connectivity index is 0.000000469. The zero-order valence-corrected chi connectivity index (χ0v) is 42.8. The number of hydrogen-bond donors (Lipinski definition) is 0. The Kier molecular flexibility index (Phi) is 11.9. The molecule has 0 radical (unpaired) electrons. The van der Waals surface area contributed by atoms with Gasteiger partial charge in [-0.3, -0.25) is 0 Å². The fourth-order valence-corrected chi connectivity index (χ4v) is 11.8. The molecule has 0 saturated carbocycles. The third-order valence-corrected chi connectivity index (χ3v) is 15.7. The van der Waals surface area contributed by atoms with Crippen molar-refractivity contribution in [3.63, 3.8) is 0 Å². The van der Waals surface area contributed by atoms with Crippen LogP contribution in [0.3, 0.4) is 0 Å². The molecule has 1 aliphatic heterocycles. The van der Waals surface area contributed by atoms with Crippen LogP contribution in [0.1, 0.15) is 119 Å². The number of benzene rings is 8. The fourth-order valence-electron chi connectivity index (χ4n) is 11.8. The molecule has 0 amide bonds. The van der Waals surface area contributed by atoms with Crippen molar-refractivity contribution in [3.05, 3.63) is 220 Å². The molecule has 1 nitrogen and oxygen atoms in total. The second-order valence-corrected chi connectivity index (χ2v) is 20.4. The summed E-state index contributed by atoms with van der Waals surface area (Å²) < 4.78 is 6.84. The zero-order valence-electron chi connectivity index (χ0n) is 42.8. The Hall–Kier alpha value is -6.70. The highest BCUT2D eigenvalue weighted by atomic mass is 16.5. The van der Waals surface area contributed by atoms with E-state index in [1.165, 1.54) is 116 Å². The van der Waals surface area contributed by atoms with Crippen LogP contribution in [0.2, 0.25) is 0 Å². The molecule has 68 heavy (non-hydrogen) atoms. The van der Waals surface area contributed by atoms with Gasteiger partial charge in [0.05, 0.1) is 0 Å². The zero-order chi connectivity index (χ0) is 48.4. The summed E-state index contributed by atoms with van der Waals surface area (Å²) in [5, 5.41) is 5.10. The van der Waals surface area contributed by atoms with E-state index in [-0.39, 0.29) is 16.2 Å². The quantitative estimate of drug-likeness (QED) is 0.156. The molecule has 342 valence electrons. The molecule has 1 heteroatoms. The van der Waals surface area contributed by atoms with Crippen molar-refractivity contribution in [3.8, 4) is 50.3 Å². The SMILES string of the molecule is C=CC1=C(/C=C\C)C(C)(C)c2ccc3c(c2O1)-c1ccc(-c2c4ccccc4c(-c4ccc5c(c4)C(C)(C)c4ccc(C)c(C)c4-5)c4ccccc24)cc1C3(C)C.CC.CCc1ccccc1C. The molecule has 0 spiro atoms. The Bertz CT molecular complexity index is 3340. The Morgan fingerprint density at radius 2 is 0.971 bits per heavy atom. The third kappa shape index (κ3) is 7.03. The number of ether oxygens (including phenoxy) is 1. The summed E-state index contributed by atoms with van der Waals surface area (Å²) in [6, 6.07) is 50.3. The van der Waals surface area contributed by atoms with E-state index in [0.29, 0.717) is 0 Å². The minimum atomic E-state index is -0.235. The van der Waals surface area contributed by atoms with Crippen LogP contribution >= 0.6 is 0 Å².